The number of urea groups is 1. The number of thiazole rings is 1. The van der Waals surface area contributed by atoms with E-state index >= 15 is 0 Å². The lowest BCUT2D eigenvalue weighted by Crippen LogP contribution is -2.38. The van der Waals surface area contributed by atoms with E-state index in [1.807, 2.05) is 29.6 Å². The first-order valence-corrected chi connectivity index (χ1v) is 7.28. The molecule has 1 heterocycles. The van der Waals surface area contributed by atoms with Gasteiger partial charge in [0, 0.05) is 10.9 Å². The summed E-state index contributed by atoms with van der Waals surface area (Å²) < 4.78 is 5.11. The van der Waals surface area contributed by atoms with Gasteiger partial charge in [-0.1, -0.05) is 0 Å². The maximum atomic E-state index is 11.6. The molecule has 0 spiro atoms. The van der Waals surface area contributed by atoms with Crippen molar-refractivity contribution in [1.82, 2.24) is 10.3 Å². The largest absolute Gasteiger partial charge is 0.497 e. The number of methoxy groups -OCH3 is 1. The molecular weight excluding hydrogens is 290 g/mol. The number of rotatable bonds is 5. The van der Waals surface area contributed by atoms with Gasteiger partial charge in [-0.2, -0.15) is 0 Å². The Kier molecular flexibility index (Phi) is 5.13. The smallest absolute Gasteiger partial charge is 0.321 e. The molecule has 0 aliphatic carbocycles. The van der Waals surface area contributed by atoms with Crippen molar-refractivity contribution >= 4 is 22.5 Å². The molecule has 0 fully saturated rings. The molecule has 1 aromatic heterocycles. The number of carbonyl (C=O) groups excluding carboxylic acids is 1. The van der Waals surface area contributed by atoms with Crippen molar-refractivity contribution in [1.29, 1.82) is 0 Å². The molecule has 3 N–H and O–H groups in total. The molecule has 1 unspecified atom stereocenters. The van der Waals surface area contributed by atoms with Crippen LogP contribution in [0.25, 0.3) is 11.3 Å². The molecule has 1 atom stereocenters. The average Bonchev–Trinajstić information content (AvgIpc) is 2.95. The third-order valence-corrected chi connectivity index (χ3v) is 3.52. The first kappa shape index (κ1) is 15.3. The van der Waals surface area contributed by atoms with E-state index in [-0.39, 0.29) is 18.7 Å². The van der Waals surface area contributed by atoms with Gasteiger partial charge in [-0.3, -0.25) is 5.32 Å². The molecule has 0 radical (unpaired) electrons. The van der Waals surface area contributed by atoms with Crippen molar-refractivity contribution in [3.05, 3.63) is 29.6 Å². The highest BCUT2D eigenvalue weighted by Crippen LogP contribution is 2.26. The fourth-order valence-electron chi connectivity index (χ4n) is 1.63. The Morgan fingerprint density at radius 2 is 2.14 bits per heavy atom. The van der Waals surface area contributed by atoms with Crippen LogP contribution in [0.2, 0.25) is 0 Å². The van der Waals surface area contributed by atoms with Crippen LogP contribution in [0, 0.1) is 0 Å². The normalized spacial score (nSPS) is 11.8. The first-order chi connectivity index (χ1) is 10.1. The highest BCUT2D eigenvalue weighted by atomic mass is 32.1. The van der Waals surface area contributed by atoms with Gasteiger partial charge in [0.1, 0.15) is 5.75 Å². The van der Waals surface area contributed by atoms with E-state index in [4.69, 9.17) is 9.84 Å². The molecule has 0 saturated heterocycles. The number of aliphatic hydroxyl groups excluding tert-OH is 1. The van der Waals surface area contributed by atoms with Crippen LogP contribution in [0.15, 0.2) is 29.6 Å². The Morgan fingerprint density at radius 1 is 1.43 bits per heavy atom. The number of aromatic nitrogens is 1. The summed E-state index contributed by atoms with van der Waals surface area (Å²) in [5.41, 5.74) is 1.73. The second kappa shape index (κ2) is 7.05. The van der Waals surface area contributed by atoms with Crippen molar-refractivity contribution in [2.75, 3.05) is 19.0 Å². The molecule has 0 bridgehead atoms. The van der Waals surface area contributed by atoms with E-state index in [1.54, 1.807) is 14.0 Å². The van der Waals surface area contributed by atoms with Crippen molar-refractivity contribution in [3.8, 4) is 17.0 Å². The van der Waals surface area contributed by atoms with Gasteiger partial charge in [-0.25, -0.2) is 9.78 Å². The summed E-state index contributed by atoms with van der Waals surface area (Å²) >= 11 is 1.34. The SMILES string of the molecule is COc1ccc(-c2csc(NC(=O)NC(C)CO)n2)cc1. The van der Waals surface area contributed by atoms with Crippen molar-refractivity contribution in [2.45, 2.75) is 13.0 Å². The van der Waals surface area contributed by atoms with Crippen LogP contribution in [0.3, 0.4) is 0 Å². The standard InChI is InChI=1S/C14H17N3O3S/c1-9(7-18)15-13(19)17-14-16-12(8-21-14)10-3-5-11(20-2)6-4-10/h3-6,8-9,18H,7H2,1-2H3,(H2,15,16,17,19). The lowest BCUT2D eigenvalue weighted by Gasteiger charge is -2.10. The Morgan fingerprint density at radius 3 is 2.76 bits per heavy atom. The second-order valence-corrected chi connectivity index (χ2v) is 5.31. The lowest BCUT2D eigenvalue weighted by atomic mass is 10.2. The minimum atomic E-state index is -0.382. The molecule has 0 aliphatic heterocycles. The number of nitrogens with one attached hydrogen (secondary N) is 2. The van der Waals surface area contributed by atoms with Gasteiger partial charge in [0.05, 0.1) is 25.5 Å². The molecule has 2 rings (SSSR count). The number of carbonyl (C=O) groups is 1. The third kappa shape index (κ3) is 4.17. The summed E-state index contributed by atoms with van der Waals surface area (Å²) in [6.07, 6.45) is 0. The van der Waals surface area contributed by atoms with E-state index in [1.165, 1.54) is 11.3 Å². The van der Waals surface area contributed by atoms with Crippen LogP contribution in [0.1, 0.15) is 6.92 Å². The number of anilines is 1. The molecule has 2 aromatic rings. The maximum absolute atomic E-state index is 11.6. The fourth-order valence-corrected chi connectivity index (χ4v) is 2.34. The van der Waals surface area contributed by atoms with Crippen LogP contribution in [0.4, 0.5) is 9.93 Å². The Bertz CT molecular complexity index is 598. The van der Waals surface area contributed by atoms with Gasteiger partial charge in [0.2, 0.25) is 0 Å². The van der Waals surface area contributed by atoms with E-state index in [9.17, 15) is 4.79 Å². The average molecular weight is 307 g/mol. The van der Waals surface area contributed by atoms with Crippen LogP contribution in [-0.4, -0.2) is 35.9 Å². The van der Waals surface area contributed by atoms with Gasteiger partial charge in [0.25, 0.3) is 0 Å². The summed E-state index contributed by atoms with van der Waals surface area (Å²) in [6.45, 7) is 1.60. The number of nitrogens with zero attached hydrogens (tertiary/aromatic N) is 1. The summed E-state index contributed by atoms with van der Waals surface area (Å²) in [5.74, 6) is 0.782. The van der Waals surface area contributed by atoms with Crippen molar-refractivity contribution in [3.63, 3.8) is 0 Å². The van der Waals surface area contributed by atoms with Gasteiger partial charge < -0.3 is 15.2 Å². The minimum absolute atomic E-state index is 0.109. The minimum Gasteiger partial charge on any atom is -0.497 e. The Hall–Kier alpha value is -2.12. The number of ether oxygens (including phenoxy) is 1. The fraction of sp³-hybridized carbons (Fsp3) is 0.286. The van der Waals surface area contributed by atoms with E-state index in [2.05, 4.69) is 15.6 Å². The van der Waals surface area contributed by atoms with E-state index < -0.39 is 0 Å². The van der Waals surface area contributed by atoms with E-state index in [0.29, 0.717) is 5.13 Å². The molecule has 1 aromatic carbocycles. The molecular formula is C14H17N3O3S. The predicted octanol–water partition coefficient (Wildman–Crippen LogP) is 2.32. The van der Waals surface area contributed by atoms with Crippen molar-refractivity contribution < 1.29 is 14.6 Å². The third-order valence-electron chi connectivity index (χ3n) is 2.76. The first-order valence-electron chi connectivity index (χ1n) is 6.40. The lowest BCUT2D eigenvalue weighted by molar-refractivity contribution is 0.229. The Balaban J connectivity index is 2.02. The number of hydrogen-bond donors (Lipinski definition) is 3. The summed E-state index contributed by atoms with van der Waals surface area (Å²) in [4.78, 5) is 16.0. The molecule has 7 heteroatoms. The summed E-state index contributed by atoms with van der Waals surface area (Å²) in [6, 6.07) is 6.85. The summed E-state index contributed by atoms with van der Waals surface area (Å²) in [5, 5.41) is 16.5. The zero-order valence-electron chi connectivity index (χ0n) is 11.8. The molecule has 0 aliphatic rings. The molecule has 112 valence electrons. The Labute approximate surface area is 126 Å². The monoisotopic (exact) mass is 307 g/mol. The van der Waals surface area contributed by atoms with Gasteiger partial charge in [-0.15, -0.1) is 11.3 Å². The number of benzene rings is 1. The molecule has 0 saturated carbocycles. The van der Waals surface area contributed by atoms with Crippen LogP contribution in [0.5, 0.6) is 5.75 Å². The van der Waals surface area contributed by atoms with E-state index in [0.717, 1.165) is 17.0 Å². The topological polar surface area (TPSA) is 83.5 Å². The number of amides is 2. The maximum Gasteiger partial charge on any atom is 0.321 e. The molecule has 6 nitrogen and oxygen atoms in total. The van der Waals surface area contributed by atoms with Crippen LogP contribution < -0.4 is 15.4 Å². The summed E-state index contributed by atoms with van der Waals surface area (Å²) in [7, 11) is 1.62. The van der Waals surface area contributed by atoms with Gasteiger partial charge in [0.15, 0.2) is 5.13 Å². The van der Waals surface area contributed by atoms with Gasteiger partial charge >= 0.3 is 6.03 Å². The number of aliphatic hydroxyl groups is 1. The van der Waals surface area contributed by atoms with Crippen molar-refractivity contribution in [2.24, 2.45) is 0 Å². The quantitative estimate of drug-likeness (QED) is 0.791. The zero-order chi connectivity index (χ0) is 15.2. The second-order valence-electron chi connectivity index (χ2n) is 4.45. The molecule has 2 amide bonds. The highest BCUT2D eigenvalue weighted by molar-refractivity contribution is 7.14. The molecule has 21 heavy (non-hydrogen) atoms. The van der Waals surface area contributed by atoms with Crippen LogP contribution in [-0.2, 0) is 0 Å². The van der Waals surface area contributed by atoms with Crippen LogP contribution >= 0.6 is 11.3 Å². The van der Waals surface area contributed by atoms with Gasteiger partial charge in [-0.05, 0) is 31.2 Å². The number of hydrogen-bond acceptors (Lipinski definition) is 5. The zero-order valence-corrected chi connectivity index (χ0v) is 12.6. The predicted molar refractivity (Wildman–Crippen MR) is 82.8 cm³/mol. The highest BCUT2D eigenvalue weighted by Gasteiger charge is 2.10.